The van der Waals surface area contributed by atoms with Crippen LogP contribution in [0.2, 0.25) is 0 Å². The van der Waals surface area contributed by atoms with Gasteiger partial charge in [0.1, 0.15) is 12.6 Å². The molecule has 5 rings (SSSR count). The van der Waals surface area contributed by atoms with Crippen molar-refractivity contribution in [3.8, 4) is 11.1 Å². The molecule has 11 heteroatoms. The van der Waals surface area contributed by atoms with Crippen LogP contribution in [0.1, 0.15) is 109 Å². The molecule has 2 fully saturated rings. The molecule has 3 amide bonds. The van der Waals surface area contributed by atoms with E-state index in [0.29, 0.717) is 44.6 Å². The van der Waals surface area contributed by atoms with Crippen molar-refractivity contribution in [2.24, 2.45) is 17.6 Å². The quantitative estimate of drug-likeness (QED) is 0.220. The first-order chi connectivity index (χ1) is 24.0. The molecular weight excluding hydrogens is 638 g/mol. The van der Waals surface area contributed by atoms with E-state index in [-0.39, 0.29) is 42.0 Å². The normalized spacial score (nSPS) is 20.3. The van der Waals surface area contributed by atoms with Crippen molar-refractivity contribution in [2.45, 2.75) is 117 Å². The van der Waals surface area contributed by atoms with Gasteiger partial charge in [-0.05, 0) is 53.9 Å². The molecule has 2 aromatic carbocycles. The van der Waals surface area contributed by atoms with Gasteiger partial charge in [-0.25, -0.2) is 4.79 Å². The van der Waals surface area contributed by atoms with Gasteiger partial charge in [-0.15, -0.1) is 0 Å². The summed E-state index contributed by atoms with van der Waals surface area (Å²) < 4.78 is 10.0. The number of hydrogen-bond donors (Lipinski definition) is 3. The van der Waals surface area contributed by atoms with Crippen LogP contribution in [0, 0.1) is 11.8 Å². The first kappa shape index (κ1) is 40.2. The second-order valence-corrected chi connectivity index (χ2v) is 13.1. The molecule has 4 N–H and O–H groups in total. The SMILES string of the molecule is CCC(=O)C(CC)NC(=O)OCC1c2ccccc2-c2ccccc21.CCCC1CC(=O)N(C(CC)C(N)=O)C1.CCCC1CC(=O)OC1O. The van der Waals surface area contributed by atoms with E-state index < -0.39 is 24.5 Å². The van der Waals surface area contributed by atoms with Crippen LogP contribution >= 0.6 is 0 Å². The summed E-state index contributed by atoms with van der Waals surface area (Å²) in [4.78, 5) is 59.0. The summed E-state index contributed by atoms with van der Waals surface area (Å²) in [5, 5.41) is 11.7. The van der Waals surface area contributed by atoms with Gasteiger partial charge in [0.2, 0.25) is 18.1 Å². The maximum atomic E-state index is 12.1. The summed E-state index contributed by atoms with van der Waals surface area (Å²) in [6.45, 7) is 10.7. The molecule has 2 saturated heterocycles. The Hall–Kier alpha value is -4.25. The Morgan fingerprint density at radius 3 is 2.00 bits per heavy atom. The predicted molar refractivity (Wildman–Crippen MR) is 191 cm³/mol. The van der Waals surface area contributed by atoms with Gasteiger partial charge >= 0.3 is 12.1 Å². The number of aliphatic hydroxyl groups is 1. The molecule has 0 bridgehead atoms. The molecule has 274 valence electrons. The van der Waals surface area contributed by atoms with E-state index >= 15 is 0 Å². The molecule has 2 aromatic rings. The number of nitrogens with one attached hydrogen (secondary N) is 1. The molecule has 2 aliphatic heterocycles. The average molecular weight is 694 g/mol. The van der Waals surface area contributed by atoms with Gasteiger partial charge in [-0.3, -0.25) is 19.2 Å². The summed E-state index contributed by atoms with van der Waals surface area (Å²) in [6, 6.07) is 15.5. The highest BCUT2D eigenvalue weighted by molar-refractivity contribution is 5.88. The number of hydrogen-bond acceptors (Lipinski definition) is 8. The molecule has 5 atom stereocenters. The van der Waals surface area contributed by atoms with Crippen molar-refractivity contribution in [1.29, 1.82) is 0 Å². The second kappa shape index (κ2) is 19.8. The maximum Gasteiger partial charge on any atom is 0.407 e. The second-order valence-electron chi connectivity index (χ2n) is 13.1. The molecular formula is C39H55N3O8. The molecule has 0 saturated carbocycles. The zero-order chi connectivity index (χ0) is 36.8. The van der Waals surface area contributed by atoms with Crippen LogP contribution < -0.4 is 11.1 Å². The lowest BCUT2D eigenvalue weighted by atomic mass is 9.98. The number of fused-ring (bicyclic) bond motifs is 3. The summed E-state index contributed by atoms with van der Waals surface area (Å²) in [7, 11) is 0. The zero-order valence-electron chi connectivity index (χ0n) is 30.2. The molecule has 3 aliphatic rings. The highest BCUT2D eigenvalue weighted by atomic mass is 16.6. The molecule has 0 radical (unpaired) electrons. The number of benzene rings is 2. The Morgan fingerprint density at radius 1 is 0.920 bits per heavy atom. The van der Waals surface area contributed by atoms with Crippen LogP contribution in [0.25, 0.3) is 11.1 Å². The van der Waals surface area contributed by atoms with E-state index in [1.807, 2.05) is 45.0 Å². The van der Waals surface area contributed by atoms with Crippen molar-refractivity contribution in [1.82, 2.24) is 10.2 Å². The van der Waals surface area contributed by atoms with E-state index in [2.05, 4.69) is 41.2 Å². The Morgan fingerprint density at radius 2 is 1.52 bits per heavy atom. The first-order valence-electron chi connectivity index (χ1n) is 18.1. The highest BCUT2D eigenvalue weighted by Crippen LogP contribution is 2.44. The summed E-state index contributed by atoms with van der Waals surface area (Å²) >= 11 is 0. The number of nitrogens with zero attached hydrogens (tertiary/aromatic N) is 1. The number of likely N-dealkylation sites (tertiary alicyclic amines) is 1. The zero-order valence-corrected chi connectivity index (χ0v) is 30.2. The minimum absolute atomic E-state index is 0.0241. The van der Waals surface area contributed by atoms with Crippen molar-refractivity contribution in [3.63, 3.8) is 0 Å². The van der Waals surface area contributed by atoms with E-state index in [4.69, 9.17) is 15.6 Å². The maximum absolute atomic E-state index is 12.1. The predicted octanol–water partition coefficient (Wildman–Crippen LogP) is 5.85. The van der Waals surface area contributed by atoms with Crippen LogP contribution in [0.4, 0.5) is 4.79 Å². The lowest BCUT2D eigenvalue weighted by Crippen LogP contribution is -2.45. The number of amides is 3. The van der Waals surface area contributed by atoms with Gasteiger partial charge in [0.05, 0.1) is 12.5 Å². The largest absolute Gasteiger partial charge is 0.449 e. The molecule has 2 heterocycles. The topological polar surface area (TPSA) is 165 Å². The van der Waals surface area contributed by atoms with Crippen LogP contribution in [0.5, 0.6) is 0 Å². The number of primary amides is 1. The van der Waals surface area contributed by atoms with Crippen LogP contribution in [0.15, 0.2) is 48.5 Å². The average Bonchev–Trinajstić information content (AvgIpc) is 3.74. The number of nitrogens with two attached hydrogens (primary N) is 1. The fourth-order valence-corrected chi connectivity index (χ4v) is 6.93. The first-order valence-corrected chi connectivity index (χ1v) is 18.1. The van der Waals surface area contributed by atoms with Crippen molar-refractivity contribution < 1.29 is 38.6 Å². The number of alkyl carbamates (subject to hydrolysis) is 1. The third kappa shape index (κ3) is 10.6. The van der Waals surface area contributed by atoms with E-state index in [1.165, 1.54) is 22.3 Å². The van der Waals surface area contributed by atoms with Gasteiger partial charge in [0.15, 0.2) is 5.78 Å². The van der Waals surface area contributed by atoms with Crippen LogP contribution in [-0.2, 0) is 28.7 Å². The monoisotopic (exact) mass is 693 g/mol. The van der Waals surface area contributed by atoms with E-state index in [1.54, 1.807) is 11.8 Å². The minimum atomic E-state index is -0.840. The van der Waals surface area contributed by atoms with Gasteiger partial charge in [0.25, 0.3) is 0 Å². The number of rotatable bonds is 13. The number of Topliss-reactive ketones (excluding diaryl/α,β-unsaturated/α-hetero) is 1. The fraction of sp³-hybridized carbons (Fsp3) is 0.564. The number of esters is 1. The van der Waals surface area contributed by atoms with Crippen LogP contribution in [0.3, 0.4) is 0 Å². The Labute approximate surface area is 296 Å². The van der Waals surface area contributed by atoms with Crippen LogP contribution in [-0.4, -0.2) is 71.2 Å². The number of carbonyl (C=O) groups excluding carboxylic acids is 5. The molecule has 11 nitrogen and oxygen atoms in total. The summed E-state index contributed by atoms with van der Waals surface area (Å²) in [6.07, 6.45) is 5.16. The Kier molecular flexibility index (Phi) is 15.9. The number of ketones is 1. The third-order valence-corrected chi connectivity index (χ3v) is 9.55. The van der Waals surface area contributed by atoms with Crippen molar-refractivity contribution >= 4 is 29.7 Å². The van der Waals surface area contributed by atoms with E-state index in [9.17, 15) is 24.0 Å². The van der Waals surface area contributed by atoms with Gasteiger partial charge < -0.3 is 30.5 Å². The third-order valence-electron chi connectivity index (χ3n) is 9.55. The minimum Gasteiger partial charge on any atom is -0.449 e. The molecule has 0 spiro atoms. The smallest absolute Gasteiger partial charge is 0.407 e. The van der Waals surface area contributed by atoms with Gasteiger partial charge in [-0.2, -0.15) is 0 Å². The van der Waals surface area contributed by atoms with Gasteiger partial charge in [-0.1, -0.05) is 96.0 Å². The van der Waals surface area contributed by atoms with Gasteiger partial charge in [0, 0.05) is 31.2 Å². The highest BCUT2D eigenvalue weighted by Gasteiger charge is 2.35. The van der Waals surface area contributed by atoms with Crippen molar-refractivity contribution in [2.75, 3.05) is 13.2 Å². The fourth-order valence-electron chi connectivity index (χ4n) is 6.93. The lowest BCUT2D eigenvalue weighted by Gasteiger charge is -2.24. The van der Waals surface area contributed by atoms with Crippen molar-refractivity contribution in [3.05, 3.63) is 59.7 Å². The summed E-state index contributed by atoms with van der Waals surface area (Å²) in [5.41, 5.74) is 10.0. The molecule has 1 aliphatic carbocycles. The number of cyclic esters (lactones) is 1. The summed E-state index contributed by atoms with van der Waals surface area (Å²) in [5.74, 6) is -0.0717. The standard InChI is InChI=1S/C21H23NO3.C11H20N2O2.C7H12O3/c1-3-19(20(23)4-2)22-21(24)25-13-18-16-11-7-5-9-14(16)15-10-6-8-12-17(15)18;1-3-5-8-6-10(14)13(7-8)9(4-2)11(12)15;1-2-3-5-4-6(8)10-7(5)9/h5-12,18-19H,3-4,13H2,1-2H3,(H,22,24);8-9H,3-7H2,1-2H3,(H2,12,15);5,7,9H,2-4H2,1H3. The number of aliphatic hydroxyl groups excluding tert-OH is 1. The molecule has 5 unspecified atom stereocenters. The van der Waals surface area contributed by atoms with E-state index in [0.717, 1.165) is 25.7 Å². The lowest BCUT2D eigenvalue weighted by molar-refractivity contribution is -0.156. The number of carbonyl (C=O) groups is 5. The molecule has 50 heavy (non-hydrogen) atoms. The Bertz CT molecular complexity index is 1420. The number of ether oxygens (including phenoxy) is 2. The molecule has 0 aromatic heterocycles. The Balaban J connectivity index is 0.000000229.